The fourth-order valence-electron chi connectivity index (χ4n) is 3.94. The Morgan fingerprint density at radius 2 is 1.50 bits per heavy atom. The molecule has 0 saturated heterocycles. The second kappa shape index (κ2) is 6.96. The van der Waals surface area contributed by atoms with Crippen LogP contribution in [0, 0.1) is 0 Å². The smallest absolute Gasteiger partial charge is 0.0952 e. The minimum absolute atomic E-state index is 0.339. The third-order valence-corrected chi connectivity index (χ3v) is 5.15. The normalized spacial score (nSPS) is 17.5. The Hall–Kier alpha value is -1.84. The highest BCUT2D eigenvalue weighted by Gasteiger charge is 2.17. The van der Waals surface area contributed by atoms with Crippen LogP contribution in [0.2, 0.25) is 0 Å². The summed E-state index contributed by atoms with van der Waals surface area (Å²) in [5.74, 6) is 0. The monoisotopic (exact) mass is 323 g/mol. The van der Waals surface area contributed by atoms with E-state index in [1.165, 1.54) is 41.1 Å². The van der Waals surface area contributed by atoms with Gasteiger partial charge in [0.15, 0.2) is 0 Å². The number of fused-ring (bicyclic) bond motifs is 3. The van der Waals surface area contributed by atoms with Crippen molar-refractivity contribution < 1.29 is 9.84 Å². The van der Waals surface area contributed by atoms with Crippen LogP contribution in [0.25, 0.3) is 21.8 Å². The predicted molar refractivity (Wildman–Crippen MR) is 98.3 cm³/mol. The standard InChI is InChI=1S/C21H25NO2/c23-16(15-24-17-8-2-1-3-9-17)14-22-20-12-6-4-10-18(20)19-11-5-7-13-21(19)22/h4-7,10-13,16-17,23H,1-3,8-9,14-15H2. The van der Waals surface area contributed by atoms with Crippen LogP contribution in [0.1, 0.15) is 32.1 Å². The summed E-state index contributed by atoms with van der Waals surface area (Å²) in [7, 11) is 0. The second-order valence-corrected chi connectivity index (χ2v) is 6.89. The number of nitrogens with zero attached hydrogens (tertiary/aromatic N) is 1. The highest BCUT2D eigenvalue weighted by Crippen LogP contribution is 2.29. The maximum Gasteiger partial charge on any atom is 0.0952 e. The van der Waals surface area contributed by atoms with Crippen molar-refractivity contribution in [1.82, 2.24) is 4.57 Å². The summed E-state index contributed by atoms with van der Waals surface area (Å²) < 4.78 is 8.18. The van der Waals surface area contributed by atoms with Gasteiger partial charge in [0.25, 0.3) is 0 Å². The average Bonchev–Trinajstić information content (AvgIpc) is 2.95. The van der Waals surface area contributed by atoms with E-state index >= 15 is 0 Å². The van der Waals surface area contributed by atoms with Crippen molar-refractivity contribution in [3.63, 3.8) is 0 Å². The van der Waals surface area contributed by atoms with Crippen molar-refractivity contribution >= 4 is 21.8 Å². The molecule has 3 heteroatoms. The van der Waals surface area contributed by atoms with Crippen LogP contribution >= 0.6 is 0 Å². The van der Waals surface area contributed by atoms with Gasteiger partial charge in [0.2, 0.25) is 0 Å². The van der Waals surface area contributed by atoms with Gasteiger partial charge < -0.3 is 14.4 Å². The molecule has 0 radical (unpaired) electrons. The summed E-state index contributed by atoms with van der Waals surface area (Å²) in [6, 6.07) is 16.8. The molecule has 1 unspecified atom stereocenters. The molecule has 24 heavy (non-hydrogen) atoms. The van der Waals surface area contributed by atoms with Gasteiger partial charge in [-0.25, -0.2) is 0 Å². The molecule has 1 aliphatic carbocycles. The van der Waals surface area contributed by atoms with Gasteiger partial charge in [0, 0.05) is 21.8 Å². The molecule has 126 valence electrons. The number of rotatable bonds is 5. The van der Waals surface area contributed by atoms with E-state index in [0.29, 0.717) is 19.3 Å². The highest BCUT2D eigenvalue weighted by atomic mass is 16.5. The fraction of sp³-hybridized carbons (Fsp3) is 0.429. The molecule has 4 rings (SSSR count). The van der Waals surface area contributed by atoms with Crippen molar-refractivity contribution in [2.75, 3.05) is 6.61 Å². The maximum atomic E-state index is 10.5. The Morgan fingerprint density at radius 1 is 0.917 bits per heavy atom. The zero-order valence-corrected chi connectivity index (χ0v) is 14.0. The molecule has 1 N–H and O–H groups in total. The van der Waals surface area contributed by atoms with Crippen molar-refractivity contribution in [2.24, 2.45) is 0 Å². The molecule has 0 amide bonds. The van der Waals surface area contributed by atoms with Crippen LogP contribution in [-0.2, 0) is 11.3 Å². The molecule has 0 bridgehead atoms. The summed E-state index contributed by atoms with van der Waals surface area (Å²) in [5, 5.41) is 13.0. The number of aliphatic hydroxyl groups excluding tert-OH is 1. The zero-order chi connectivity index (χ0) is 16.4. The van der Waals surface area contributed by atoms with Crippen LogP contribution in [0.15, 0.2) is 48.5 Å². The van der Waals surface area contributed by atoms with Gasteiger partial charge in [-0.05, 0) is 25.0 Å². The molecular weight excluding hydrogens is 298 g/mol. The van der Waals surface area contributed by atoms with Crippen LogP contribution < -0.4 is 0 Å². The van der Waals surface area contributed by atoms with Crippen molar-refractivity contribution in [3.8, 4) is 0 Å². The first kappa shape index (κ1) is 15.7. The molecule has 1 aromatic heterocycles. The summed E-state index contributed by atoms with van der Waals surface area (Å²) in [6.45, 7) is 0.992. The van der Waals surface area contributed by atoms with E-state index in [-0.39, 0.29) is 0 Å². The van der Waals surface area contributed by atoms with E-state index in [9.17, 15) is 5.11 Å². The number of ether oxygens (including phenoxy) is 1. The van der Waals surface area contributed by atoms with E-state index in [4.69, 9.17) is 4.74 Å². The summed E-state index contributed by atoms with van der Waals surface area (Å²) >= 11 is 0. The maximum absolute atomic E-state index is 10.5. The number of aromatic nitrogens is 1. The van der Waals surface area contributed by atoms with E-state index in [1.807, 2.05) is 0 Å². The van der Waals surface area contributed by atoms with Gasteiger partial charge in [0.1, 0.15) is 0 Å². The molecule has 1 atom stereocenters. The second-order valence-electron chi connectivity index (χ2n) is 6.89. The minimum atomic E-state index is -0.480. The third kappa shape index (κ3) is 3.06. The number of hydrogen-bond acceptors (Lipinski definition) is 2. The Bertz CT molecular complexity index is 764. The van der Waals surface area contributed by atoms with Crippen LogP contribution in [-0.4, -0.2) is 28.5 Å². The Balaban J connectivity index is 1.54. The first-order valence-corrected chi connectivity index (χ1v) is 9.08. The molecule has 1 aliphatic rings. The predicted octanol–water partition coefficient (Wildman–Crippen LogP) is 4.50. The van der Waals surface area contributed by atoms with Gasteiger partial charge in [-0.15, -0.1) is 0 Å². The van der Waals surface area contributed by atoms with Gasteiger partial charge in [-0.3, -0.25) is 0 Å². The number of benzene rings is 2. The molecule has 1 saturated carbocycles. The van der Waals surface area contributed by atoms with E-state index in [2.05, 4.69) is 53.1 Å². The minimum Gasteiger partial charge on any atom is -0.389 e. The molecule has 0 spiro atoms. The first-order chi connectivity index (χ1) is 11.8. The summed E-state index contributed by atoms with van der Waals surface area (Å²) in [5.41, 5.74) is 2.35. The SMILES string of the molecule is OC(COC1CCCCC1)Cn1c2ccccc2c2ccccc21. The van der Waals surface area contributed by atoms with E-state index < -0.39 is 6.10 Å². The quantitative estimate of drug-likeness (QED) is 0.750. The lowest BCUT2D eigenvalue weighted by atomic mass is 9.98. The summed E-state index contributed by atoms with van der Waals surface area (Å²) in [6.07, 6.45) is 5.98. The topological polar surface area (TPSA) is 34.4 Å². The Morgan fingerprint density at radius 3 is 2.12 bits per heavy atom. The van der Waals surface area contributed by atoms with Crippen molar-refractivity contribution in [3.05, 3.63) is 48.5 Å². The molecule has 2 aromatic carbocycles. The average molecular weight is 323 g/mol. The Labute approximate surface area is 142 Å². The largest absolute Gasteiger partial charge is 0.389 e. The molecule has 1 fully saturated rings. The van der Waals surface area contributed by atoms with Crippen LogP contribution in [0.4, 0.5) is 0 Å². The van der Waals surface area contributed by atoms with Crippen LogP contribution in [0.5, 0.6) is 0 Å². The summed E-state index contributed by atoms with van der Waals surface area (Å²) in [4.78, 5) is 0. The lowest BCUT2D eigenvalue weighted by Gasteiger charge is -2.23. The third-order valence-electron chi connectivity index (χ3n) is 5.15. The number of para-hydroxylation sites is 2. The number of aliphatic hydroxyl groups is 1. The van der Waals surface area contributed by atoms with Crippen molar-refractivity contribution in [2.45, 2.75) is 50.9 Å². The lowest BCUT2D eigenvalue weighted by Crippen LogP contribution is -2.26. The first-order valence-electron chi connectivity index (χ1n) is 9.08. The lowest BCUT2D eigenvalue weighted by molar-refractivity contribution is -0.0277. The fourth-order valence-corrected chi connectivity index (χ4v) is 3.94. The highest BCUT2D eigenvalue weighted by molar-refractivity contribution is 6.07. The van der Waals surface area contributed by atoms with Crippen molar-refractivity contribution in [1.29, 1.82) is 0 Å². The molecule has 1 heterocycles. The van der Waals surface area contributed by atoms with Gasteiger partial charge in [-0.2, -0.15) is 0 Å². The molecule has 0 aliphatic heterocycles. The Kier molecular flexibility index (Phi) is 4.54. The van der Waals surface area contributed by atoms with Crippen LogP contribution in [0.3, 0.4) is 0 Å². The van der Waals surface area contributed by atoms with E-state index in [0.717, 1.165) is 12.8 Å². The number of hydrogen-bond donors (Lipinski definition) is 1. The molecule has 3 aromatic rings. The van der Waals surface area contributed by atoms with Gasteiger partial charge >= 0.3 is 0 Å². The van der Waals surface area contributed by atoms with Gasteiger partial charge in [-0.1, -0.05) is 55.7 Å². The molecule has 3 nitrogen and oxygen atoms in total. The zero-order valence-electron chi connectivity index (χ0n) is 14.0. The van der Waals surface area contributed by atoms with Gasteiger partial charge in [0.05, 0.1) is 25.4 Å². The molecular formula is C21H25NO2. The van der Waals surface area contributed by atoms with E-state index in [1.54, 1.807) is 0 Å².